The molecule has 1 heterocycles. The first kappa shape index (κ1) is 9.37. The van der Waals surface area contributed by atoms with Crippen LogP contribution in [0.1, 0.15) is 0 Å². The summed E-state index contributed by atoms with van der Waals surface area (Å²) in [6.07, 6.45) is 5.13. The zero-order valence-electron chi connectivity index (χ0n) is 6.90. The molecule has 0 saturated heterocycles. The number of aliphatic imine (C=N–C) groups is 1. The van der Waals surface area contributed by atoms with Crippen LogP contribution < -0.4 is 0 Å². The third-order valence-corrected chi connectivity index (χ3v) is 1.57. The van der Waals surface area contributed by atoms with E-state index in [-0.39, 0.29) is 0 Å². The molecule has 0 aliphatic carbocycles. The van der Waals surface area contributed by atoms with E-state index in [1.54, 1.807) is 18.7 Å². The molecule has 0 radical (unpaired) electrons. The van der Waals surface area contributed by atoms with E-state index in [0.717, 1.165) is 3.57 Å². The molecule has 0 amide bonds. The quantitative estimate of drug-likeness (QED) is 0.464. The van der Waals surface area contributed by atoms with E-state index < -0.39 is 0 Å². The molecule has 5 heteroatoms. The van der Waals surface area contributed by atoms with Crippen LogP contribution in [-0.4, -0.2) is 35.3 Å². The summed E-state index contributed by atoms with van der Waals surface area (Å²) >= 11 is 2.15. The van der Waals surface area contributed by atoms with Crippen molar-refractivity contribution in [2.24, 2.45) is 4.99 Å². The van der Waals surface area contributed by atoms with Crippen molar-refractivity contribution in [3.05, 3.63) is 16.0 Å². The monoisotopic (exact) mass is 276 g/mol. The van der Waals surface area contributed by atoms with Gasteiger partial charge < -0.3 is 4.90 Å². The number of hydrogen-bond donors (Lipinski definition) is 0. The summed E-state index contributed by atoms with van der Waals surface area (Å²) in [4.78, 5) is 13.9. The molecule has 64 valence electrons. The van der Waals surface area contributed by atoms with E-state index in [9.17, 15) is 0 Å². The molecule has 0 unspecified atom stereocenters. The topological polar surface area (TPSA) is 41.4 Å². The van der Waals surface area contributed by atoms with Gasteiger partial charge in [0.2, 0.25) is 0 Å². The van der Waals surface area contributed by atoms with E-state index in [2.05, 4.69) is 37.6 Å². The third kappa shape index (κ3) is 3.12. The molecule has 0 N–H and O–H groups in total. The fourth-order valence-corrected chi connectivity index (χ4v) is 0.818. The van der Waals surface area contributed by atoms with Crippen LogP contribution in [0.2, 0.25) is 0 Å². The molecule has 0 saturated carbocycles. The number of aromatic nitrogens is 2. The normalized spacial score (nSPS) is 10.6. The molecule has 1 aromatic heterocycles. The smallest absolute Gasteiger partial charge is 0.250 e. The van der Waals surface area contributed by atoms with Crippen molar-refractivity contribution < 1.29 is 0 Å². The Labute approximate surface area is 84.9 Å². The summed E-state index contributed by atoms with van der Waals surface area (Å²) < 4.78 is 1.01. The summed E-state index contributed by atoms with van der Waals surface area (Å²) in [5.41, 5.74) is 0. The minimum atomic E-state index is 0.490. The highest BCUT2D eigenvalue weighted by atomic mass is 127. The molecule has 4 nitrogen and oxygen atoms in total. The van der Waals surface area contributed by atoms with Crippen molar-refractivity contribution in [2.75, 3.05) is 14.1 Å². The maximum absolute atomic E-state index is 4.02. The second-order valence-electron chi connectivity index (χ2n) is 2.41. The standard InChI is InChI=1S/C7H9IN4/c1-12(2)5-11-7-9-3-6(8)4-10-7/h3-5H,1-2H3. The van der Waals surface area contributed by atoms with Crippen molar-refractivity contribution in [3.63, 3.8) is 0 Å². The van der Waals surface area contributed by atoms with Gasteiger partial charge in [0.1, 0.15) is 0 Å². The Morgan fingerprint density at radius 2 is 2.00 bits per heavy atom. The van der Waals surface area contributed by atoms with E-state index in [1.807, 2.05) is 19.0 Å². The zero-order valence-corrected chi connectivity index (χ0v) is 9.06. The molecule has 1 rings (SSSR count). The highest BCUT2D eigenvalue weighted by Crippen LogP contribution is 2.04. The average molecular weight is 276 g/mol. The van der Waals surface area contributed by atoms with E-state index in [1.165, 1.54) is 0 Å². The molecule has 0 fully saturated rings. The summed E-state index contributed by atoms with van der Waals surface area (Å²) in [7, 11) is 3.80. The van der Waals surface area contributed by atoms with E-state index in [4.69, 9.17) is 0 Å². The molecule has 0 aliphatic heterocycles. The van der Waals surface area contributed by atoms with E-state index >= 15 is 0 Å². The van der Waals surface area contributed by atoms with Crippen LogP contribution in [-0.2, 0) is 0 Å². The SMILES string of the molecule is CN(C)C=Nc1ncc(I)cn1. The second-order valence-corrected chi connectivity index (χ2v) is 3.66. The molecule has 0 atom stereocenters. The van der Waals surface area contributed by atoms with Crippen molar-refractivity contribution in [3.8, 4) is 0 Å². The van der Waals surface area contributed by atoms with Crippen LogP contribution in [0, 0.1) is 3.57 Å². The van der Waals surface area contributed by atoms with Gasteiger partial charge in [-0.2, -0.15) is 0 Å². The van der Waals surface area contributed by atoms with Crippen LogP contribution in [0.25, 0.3) is 0 Å². The first-order valence-corrected chi connectivity index (χ1v) is 4.44. The number of nitrogens with zero attached hydrogens (tertiary/aromatic N) is 4. The molecule has 1 aromatic rings. The zero-order chi connectivity index (χ0) is 8.97. The third-order valence-electron chi connectivity index (χ3n) is 1.01. The van der Waals surface area contributed by atoms with Gasteiger partial charge in [-0.1, -0.05) is 0 Å². The molecular weight excluding hydrogens is 267 g/mol. The maximum Gasteiger partial charge on any atom is 0.250 e. The van der Waals surface area contributed by atoms with Gasteiger partial charge in [0.15, 0.2) is 0 Å². The first-order chi connectivity index (χ1) is 5.68. The van der Waals surface area contributed by atoms with Gasteiger partial charge in [-0.3, -0.25) is 0 Å². The van der Waals surface area contributed by atoms with Crippen LogP contribution in [0.4, 0.5) is 5.95 Å². The second kappa shape index (κ2) is 4.34. The summed E-state index contributed by atoms with van der Waals surface area (Å²) in [5, 5.41) is 0. The van der Waals surface area contributed by atoms with Gasteiger partial charge in [0.25, 0.3) is 5.95 Å². The number of rotatable bonds is 2. The lowest BCUT2D eigenvalue weighted by Gasteiger charge is -2.00. The molecule has 12 heavy (non-hydrogen) atoms. The summed E-state index contributed by atoms with van der Waals surface area (Å²) in [5.74, 6) is 0.490. The van der Waals surface area contributed by atoms with Crippen molar-refractivity contribution in [1.82, 2.24) is 14.9 Å². The Bertz CT molecular complexity index is 267. The fourth-order valence-electron chi connectivity index (χ4n) is 0.539. The fraction of sp³-hybridized carbons (Fsp3) is 0.286. The minimum Gasteiger partial charge on any atom is -0.369 e. The number of halogens is 1. The largest absolute Gasteiger partial charge is 0.369 e. The van der Waals surface area contributed by atoms with Crippen LogP contribution in [0.3, 0.4) is 0 Å². The van der Waals surface area contributed by atoms with E-state index in [0.29, 0.717) is 5.95 Å². The maximum atomic E-state index is 4.02. The Kier molecular flexibility index (Phi) is 3.39. The molecule has 0 aromatic carbocycles. The summed E-state index contributed by atoms with van der Waals surface area (Å²) in [6.45, 7) is 0. The Morgan fingerprint density at radius 1 is 1.42 bits per heavy atom. The molecule has 0 aliphatic rings. The molecule has 0 bridgehead atoms. The van der Waals surface area contributed by atoms with Gasteiger partial charge in [-0.25, -0.2) is 15.0 Å². The van der Waals surface area contributed by atoms with Gasteiger partial charge in [0.05, 0.1) is 6.34 Å². The Balaban J connectivity index is 2.71. The number of hydrogen-bond acceptors (Lipinski definition) is 3. The van der Waals surface area contributed by atoms with Crippen LogP contribution >= 0.6 is 22.6 Å². The summed E-state index contributed by atoms with van der Waals surface area (Å²) in [6, 6.07) is 0. The van der Waals surface area contributed by atoms with Crippen molar-refractivity contribution in [2.45, 2.75) is 0 Å². The molecular formula is C7H9IN4. The van der Waals surface area contributed by atoms with Crippen molar-refractivity contribution >= 4 is 34.9 Å². The van der Waals surface area contributed by atoms with Crippen LogP contribution in [0.15, 0.2) is 17.4 Å². The van der Waals surface area contributed by atoms with Gasteiger partial charge >= 0.3 is 0 Å². The lowest BCUT2D eigenvalue weighted by molar-refractivity contribution is 0.642. The van der Waals surface area contributed by atoms with Gasteiger partial charge in [-0.15, -0.1) is 0 Å². The highest BCUT2D eigenvalue weighted by molar-refractivity contribution is 14.1. The van der Waals surface area contributed by atoms with Gasteiger partial charge in [0, 0.05) is 30.1 Å². The lowest BCUT2D eigenvalue weighted by Crippen LogP contribution is -2.07. The van der Waals surface area contributed by atoms with Crippen molar-refractivity contribution in [1.29, 1.82) is 0 Å². The lowest BCUT2D eigenvalue weighted by atomic mass is 10.7. The Morgan fingerprint density at radius 3 is 2.50 bits per heavy atom. The molecule has 0 spiro atoms. The predicted octanol–water partition coefficient (Wildman–Crippen LogP) is 1.30. The first-order valence-electron chi connectivity index (χ1n) is 3.36. The highest BCUT2D eigenvalue weighted by Gasteiger charge is 1.90. The predicted molar refractivity (Wildman–Crippen MR) is 56.6 cm³/mol. The van der Waals surface area contributed by atoms with Crippen LogP contribution in [0.5, 0.6) is 0 Å². The van der Waals surface area contributed by atoms with Gasteiger partial charge in [-0.05, 0) is 22.6 Å². The average Bonchev–Trinajstić information content (AvgIpc) is 2.03. The Hall–Kier alpha value is -0.720. The minimum absolute atomic E-state index is 0.490.